The molecule has 112 valence electrons. The molecule has 0 bridgehead atoms. The fraction of sp³-hybridized carbons (Fsp3) is 0.643. The third kappa shape index (κ3) is 2.53. The van der Waals surface area contributed by atoms with E-state index in [0.717, 1.165) is 43.4 Å². The van der Waals surface area contributed by atoms with Crippen LogP contribution < -0.4 is 10.2 Å². The van der Waals surface area contributed by atoms with Gasteiger partial charge < -0.3 is 14.4 Å². The molecule has 7 nitrogen and oxygen atoms in total. The van der Waals surface area contributed by atoms with Crippen LogP contribution in [0.15, 0.2) is 10.9 Å². The van der Waals surface area contributed by atoms with E-state index in [1.165, 1.54) is 25.7 Å². The molecule has 7 heteroatoms. The summed E-state index contributed by atoms with van der Waals surface area (Å²) in [5.41, 5.74) is 2.24. The second-order valence-corrected chi connectivity index (χ2v) is 5.80. The minimum absolute atomic E-state index is 0.0639. The molecular weight excluding hydrogens is 268 g/mol. The molecule has 0 radical (unpaired) electrons. The second-order valence-electron chi connectivity index (χ2n) is 5.80. The number of imidazole rings is 1. The van der Waals surface area contributed by atoms with Gasteiger partial charge in [-0.25, -0.2) is 4.98 Å². The smallest absolute Gasteiger partial charge is 0.266 e. The van der Waals surface area contributed by atoms with E-state index >= 15 is 0 Å². The Kier molecular flexibility index (Phi) is 3.34. The largest absolute Gasteiger partial charge is 0.347 e. The van der Waals surface area contributed by atoms with E-state index in [1.807, 2.05) is 0 Å². The first kappa shape index (κ1) is 12.8. The molecule has 1 unspecified atom stereocenters. The minimum atomic E-state index is 0.0639. The van der Waals surface area contributed by atoms with Crippen molar-refractivity contribution in [3.8, 4) is 0 Å². The highest BCUT2D eigenvalue weighted by atomic mass is 16.5. The first-order chi connectivity index (χ1) is 10.4. The van der Waals surface area contributed by atoms with Gasteiger partial charge in [0.25, 0.3) is 5.95 Å². The predicted molar refractivity (Wildman–Crippen MR) is 76.9 cm³/mol. The highest BCUT2D eigenvalue weighted by molar-refractivity contribution is 5.28. The molecule has 0 aromatic carbocycles. The number of anilines is 1. The van der Waals surface area contributed by atoms with Gasteiger partial charge in [-0.15, -0.1) is 0 Å². The Morgan fingerprint density at radius 1 is 1.19 bits per heavy atom. The lowest BCUT2D eigenvalue weighted by Crippen LogP contribution is -2.29. The number of H-pyrrole nitrogens is 1. The summed E-state index contributed by atoms with van der Waals surface area (Å²) in [6, 6.07) is 0.0639. The molecule has 1 atom stereocenters. The van der Waals surface area contributed by atoms with Gasteiger partial charge in [0, 0.05) is 26.1 Å². The molecule has 2 aromatic heterocycles. The van der Waals surface area contributed by atoms with Crippen LogP contribution in [0.5, 0.6) is 0 Å². The van der Waals surface area contributed by atoms with Crippen molar-refractivity contribution >= 4 is 5.95 Å². The van der Waals surface area contributed by atoms with E-state index in [9.17, 15) is 0 Å². The normalized spacial score (nSPS) is 22.9. The van der Waals surface area contributed by atoms with Crippen molar-refractivity contribution in [1.82, 2.24) is 25.4 Å². The summed E-state index contributed by atoms with van der Waals surface area (Å²) in [7, 11) is 0. The summed E-state index contributed by atoms with van der Waals surface area (Å²) in [4.78, 5) is 14.3. The van der Waals surface area contributed by atoms with Crippen molar-refractivity contribution in [2.45, 2.75) is 44.7 Å². The summed E-state index contributed by atoms with van der Waals surface area (Å²) in [6.45, 7) is 2.82. The number of hydrogen-bond donors (Lipinski definition) is 2. The Labute approximate surface area is 123 Å². The number of hydrogen-bond acceptors (Lipinski definition) is 6. The highest BCUT2D eigenvalue weighted by Crippen LogP contribution is 2.24. The number of rotatable bonds is 2. The van der Waals surface area contributed by atoms with Crippen LogP contribution in [0.3, 0.4) is 0 Å². The Bertz CT molecular complexity index is 598. The lowest BCUT2D eigenvalue weighted by molar-refractivity contribution is 0.319. The van der Waals surface area contributed by atoms with Gasteiger partial charge in [-0.3, -0.25) is 5.32 Å². The van der Waals surface area contributed by atoms with Crippen LogP contribution in [0.1, 0.15) is 49.0 Å². The van der Waals surface area contributed by atoms with Gasteiger partial charge in [0.1, 0.15) is 0 Å². The monoisotopic (exact) mass is 288 g/mol. The summed E-state index contributed by atoms with van der Waals surface area (Å²) in [5.74, 6) is 1.41. The molecule has 21 heavy (non-hydrogen) atoms. The van der Waals surface area contributed by atoms with Crippen LogP contribution in [-0.4, -0.2) is 33.2 Å². The summed E-state index contributed by atoms with van der Waals surface area (Å²) < 4.78 is 5.49. The second kappa shape index (κ2) is 5.48. The predicted octanol–water partition coefficient (Wildman–Crippen LogP) is 1.56. The SMILES string of the molecule is c1nc2c([nH]1)CNC(c1nc(N3CCCCCC3)no1)C2. The van der Waals surface area contributed by atoms with E-state index in [1.54, 1.807) is 6.33 Å². The lowest BCUT2D eigenvalue weighted by Gasteiger charge is -2.19. The molecule has 1 saturated heterocycles. The zero-order chi connectivity index (χ0) is 14.1. The average molecular weight is 288 g/mol. The van der Waals surface area contributed by atoms with Crippen LogP contribution >= 0.6 is 0 Å². The third-order valence-corrected chi connectivity index (χ3v) is 4.35. The molecule has 4 heterocycles. The molecule has 0 amide bonds. The van der Waals surface area contributed by atoms with E-state index in [4.69, 9.17) is 4.52 Å². The Morgan fingerprint density at radius 2 is 2.05 bits per heavy atom. The van der Waals surface area contributed by atoms with Gasteiger partial charge in [-0.2, -0.15) is 4.98 Å². The first-order valence-electron chi connectivity index (χ1n) is 7.73. The van der Waals surface area contributed by atoms with Gasteiger partial charge in [0.05, 0.1) is 23.8 Å². The highest BCUT2D eigenvalue weighted by Gasteiger charge is 2.27. The molecule has 4 rings (SSSR count). The van der Waals surface area contributed by atoms with Crippen LogP contribution in [0.4, 0.5) is 5.95 Å². The summed E-state index contributed by atoms with van der Waals surface area (Å²) in [6.07, 6.45) is 7.55. The van der Waals surface area contributed by atoms with E-state index in [-0.39, 0.29) is 6.04 Å². The maximum Gasteiger partial charge on any atom is 0.266 e. The standard InChI is InChI=1S/C14H20N6O/c1-2-4-6-20(5-3-1)14-18-13(21-19-14)11-7-10-12(8-15-11)17-9-16-10/h9,11,15H,1-8H2,(H,16,17). The zero-order valence-corrected chi connectivity index (χ0v) is 12.0. The van der Waals surface area contributed by atoms with Gasteiger partial charge in [0.2, 0.25) is 5.89 Å². The van der Waals surface area contributed by atoms with Gasteiger partial charge in [0.15, 0.2) is 0 Å². The zero-order valence-electron chi connectivity index (χ0n) is 12.0. The van der Waals surface area contributed by atoms with Gasteiger partial charge in [-0.1, -0.05) is 12.8 Å². The number of fused-ring (bicyclic) bond motifs is 1. The Morgan fingerprint density at radius 3 is 2.90 bits per heavy atom. The molecule has 2 N–H and O–H groups in total. The lowest BCUT2D eigenvalue weighted by atomic mass is 10.1. The maximum absolute atomic E-state index is 5.49. The fourth-order valence-corrected chi connectivity index (χ4v) is 3.11. The van der Waals surface area contributed by atoms with E-state index in [0.29, 0.717) is 5.89 Å². The van der Waals surface area contributed by atoms with E-state index in [2.05, 4.69) is 30.3 Å². The fourth-order valence-electron chi connectivity index (χ4n) is 3.11. The molecule has 0 saturated carbocycles. The molecule has 2 aromatic rings. The number of aromatic amines is 1. The molecule has 1 fully saturated rings. The average Bonchev–Trinajstić information content (AvgIpc) is 3.10. The van der Waals surface area contributed by atoms with Crippen molar-refractivity contribution < 1.29 is 4.52 Å². The van der Waals surface area contributed by atoms with Crippen molar-refractivity contribution in [3.63, 3.8) is 0 Å². The first-order valence-corrected chi connectivity index (χ1v) is 7.73. The topological polar surface area (TPSA) is 82.9 Å². The number of aromatic nitrogens is 4. The number of nitrogens with one attached hydrogen (secondary N) is 2. The maximum atomic E-state index is 5.49. The Hall–Kier alpha value is -1.89. The van der Waals surface area contributed by atoms with Crippen LogP contribution in [0, 0.1) is 0 Å². The van der Waals surface area contributed by atoms with Crippen molar-refractivity contribution in [2.24, 2.45) is 0 Å². The van der Waals surface area contributed by atoms with Crippen LogP contribution in [-0.2, 0) is 13.0 Å². The third-order valence-electron chi connectivity index (χ3n) is 4.35. The van der Waals surface area contributed by atoms with Crippen LogP contribution in [0.2, 0.25) is 0 Å². The van der Waals surface area contributed by atoms with Gasteiger partial charge in [-0.05, 0) is 18.0 Å². The summed E-state index contributed by atoms with van der Waals surface area (Å²) in [5, 5.41) is 7.59. The molecule has 0 spiro atoms. The minimum Gasteiger partial charge on any atom is -0.347 e. The van der Waals surface area contributed by atoms with Crippen molar-refractivity contribution in [2.75, 3.05) is 18.0 Å². The molecule has 2 aliphatic heterocycles. The molecular formula is C14H20N6O. The molecule has 2 aliphatic rings. The number of nitrogens with zero attached hydrogens (tertiary/aromatic N) is 4. The van der Waals surface area contributed by atoms with E-state index < -0.39 is 0 Å². The summed E-state index contributed by atoms with van der Waals surface area (Å²) >= 11 is 0. The van der Waals surface area contributed by atoms with Crippen molar-refractivity contribution in [1.29, 1.82) is 0 Å². The quantitative estimate of drug-likeness (QED) is 0.872. The van der Waals surface area contributed by atoms with Gasteiger partial charge >= 0.3 is 0 Å². The van der Waals surface area contributed by atoms with Crippen molar-refractivity contribution in [3.05, 3.63) is 23.6 Å². The van der Waals surface area contributed by atoms with Crippen LogP contribution in [0.25, 0.3) is 0 Å². The molecule has 0 aliphatic carbocycles. The Balaban J connectivity index is 1.49.